The standard InChI is InChI=1S/C21H25N3O5/c1-2-28-17-9-14(10-18(11-17)29-16-7-8-27-12-16)19(21(25)26)24-15-5-3-13(4-6-15)20(22)23/h3-6,9-11,16,19,24H,2,7-8,12H2,1H3,(H3,22,23)(H,25,26)/t16-,19?/m1/s1. The number of anilines is 1. The van der Waals surface area contributed by atoms with Gasteiger partial charge in [-0.2, -0.15) is 0 Å². The van der Waals surface area contributed by atoms with Crippen LogP contribution in [0.3, 0.4) is 0 Å². The number of carboxylic acids is 1. The van der Waals surface area contributed by atoms with E-state index in [1.807, 2.05) is 6.92 Å². The van der Waals surface area contributed by atoms with Crippen molar-refractivity contribution in [2.24, 2.45) is 5.73 Å². The van der Waals surface area contributed by atoms with E-state index in [0.29, 0.717) is 48.1 Å². The monoisotopic (exact) mass is 399 g/mol. The van der Waals surface area contributed by atoms with Crippen LogP contribution in [0.5, 0.6) is 11.5 Å². The maximum atomic E-state index is 12.0. The summed E-state index contributed by atoms with van der Waals surface area (Å²) in [5, 5.41) is 20.3. The number of nitrogens with one attached hydrogen (secondary N) is 2. The third-order valence-electron chi connectivity index (χ3n) is 4.49. The summed E-state index contributed by atoms with van der Waals surface area (Å²) in [7, 11) is 0. The summed E-state index contributed by atoms with van der Waals surface area (Å²) in [5.41, 5.74) is 7.13. The van der Waals surface area contributed by atoms with Crippen molar-refractivity contribution in [1.29, 1.82) is 5.41 Å². The van der Waals surface area contributed by atoms with E-state index in [-0.39, 0.29) is 11.9 Å². The number of benzene rings is 2. The maximum Gasteiger partial charge on any atom is 0.330 e. The van der Waals surface area contributed by atoms with Gasteiger partial charge in [0.2, 0.25) is 0 Å². The predicted molar refractivity (Wildman–Crippen MR) is 109 cm³/mol. The highest BCUT2D eigenvalue weighted by Crippen LogP contribution is 2.30. The summed E-state index contributed by atoms with van der Waals surface area (Å²) < 4.78 is 16.9. The van der Waals surface area contributed by atoms with Crippen LogP contribution in [0.25, 0.3) is 0 Å². The van der Waals surface area contributed by atoms with Gasteiger partial charge in [-0.25, -0.2) is 4.79 Å². The zero-order valence-electron chi connectivity index (χ0n) is 16.2. The van der Waals surface area contributed by atoms with Gasteiger partial charge in [0.25, 0.3) is 0 Å². The quantitative estimate of drug-likeness (QED) is 0.377. The molecule has 3 rings (SSSR count). The summed E-state index contributed by atoms with van der Waals surface area (Å²) >= 11 is 0. The van der Waals surface area contributed by atoms with Crippen LogP contribution in [0.4, 0.5) is 5.69 Å². The highest BCUT2D eigenvalue weighted by Gasteiger charge is 2.23. The molecule has 1 fully saturated rings. The van der Waals surface area contributed by atoms with Gasteiger partial charge >= 0.3 is 5.97 Å². The lowest BCUT2D eigenvalue weighted by Crippen LogP contribution is -2.21. The number of nitrogen functional groups attached to an aromatic ring is 1. The molecule has 8 heteroatoms. The van der Waals surface area contributed by atoms with E-state index in [1.54, 1.807) is 42.5 Å². The van der Waals surface area contributed by atoms with Crippen molar-refractivity contribution in [3.8, 4) is 11.5 Å². The lowest BCUT2D eigenvalue weighted by atomic mass is 10.0. The molecule has 2 atom stereocenters. The van der Waals surface area contributed by atoms with Gasteiger partial charge in [0, 0.05) is 23.7 Å². The second kappa shape index (κ2) is 9.29. The molecule has 1 saturated heterocycles. The minimum absolute atomic E-state index is 0.0477. The van der Waals surface area contributed by atoms with Gasteiger partial charge in [-0.3, -0.25) is 5.41 Å². The molecule has 154 valence electrons. The first kappa shape index (κ1) is 20.5. The fourth-order valence-electron chi connectivity index (χ4n) is 3.08. The van der Waals surface area contributed by atoms with Gasteiger partial charge in [-0.15, -0.1) is 0 Å². The first-order valence-corrected chi connectivity index (χ1v) is 9.42. The highest BCUT2D eigenvalue weighted by atomic mass is 16.5. The number of amidine groups is 1. The predicted octanol–water partition coefficient (Wildman–Crippen LogP) is 2.77. The molecule has 0 amide bonds. The number of hydrogen-bond donors (Lipinski definition) is 4. The lowest BCUT2D eigenvalue weighted by molar-refractivity contribution is -0.138. The normalized spacial score (nSPS) is 16.8. The van der Waals surface area contributed by atoms with Crippen LogP contribution < -0.4 is 20.5 Å². The van der Waals surface area contributed by atoms with Crippen LogP contribution in [-0.2, 0) is 9.53 Å². The molecule has 8 nitrogen and oxygen atoms in total. The van der Waals surface area contributed by atoms with Crippen molar-refractivity contribution in [2.75, 3.05) is 25.1 Å². The van der Waals surface area contributed by atoms with Gasteiger partial charge in [0.15, 0.2) is 6.04 Å². The number of hydrogen-bond acceptors (Lipinski definition) is 6. The van der Waals surface area contributed by atoms with E-state index in [9.17, 15) is 9.90 Å². The molecular weight excluding hydrogens is 374 g/mol. The van der Waals surface area contributed by atoms with Crippen molar-refractivity contribution < 1.29 is 24.1 Å². The van der Waals surface area contributed by atoms with Crippen LogP contribution in [0.15, 0.2) is 42.5 Å². The van der Waals surface area contributed by atoms with E-state index in [4.69, 9.17) is 25.4 Å². The summed E-state index contributed by atoms with van der Waals surface area (Å²) in [6, 6.07) is 10.8. The summed E-state index contributed by atoms with van der Waals surface area (Å²) in [5.74, 6) is -0.00167. The number of rotatable bonds is 9. The van der Waals surface area contributed by atoms with Crippen LogP contribution in [0, 0.1) is 5.41 Å². The molecule has 5 N–H and O–H groups in total. The maximum absolute atomic E-state index is 12.0. The number of carbonyl (C=O) groups is 1. The van der Waals surface area contributed by atoms with Gasteiger partial charge in [0.05, 0.1) is 19.8 Å². The van der Waals surface area contributed by atoms with Crippen LogP contribution in [-0.4, -0.2) is 42.8 Å². The molecule has 0 aromatic heterocycles. The third kappa shape index (κ3) is 5.39. The Morgan fingerprint density at radius 3 is 2.62 bits per heavy atom. The van der Waals surface area contributed by atoms with Crippen LogP contribution in [0.1, 0.15) is 30.5 Å². The first-order chi connectivity index (χ1) is 14.0. The zero-order valence-corrected chi connectivity index (χ0v) is 16.2. The second-order valence-electron chi connectivity index (χ2n) is 6.68. The Morgan fingerprint density at radius 1 is 1.31 bits per heavy atom. The number of ether oxygens (including phenoxy) is 3. The van der Waals surface area contributed by atoms with Crippen LogP contribution >= 0.6 is 0 Å². The molecule has 1 aliphatic rings. The summed E-state index contributed by atoms with van der Waals surface area (Å²) in [6.07, 6.45) is 0.729. The second-order valence-corrected chi connectivity index (χ2v) is 6.68. The molecule has 1 heterocycles. The molecule has 0 aliphatic carbocycles. The van der Waals surface area contributed by atoms with E-state index < -0.39 is 12.0 Å². The van der Waals surface area contributed by atoms with E-state index in [0.717, 1.165) is 6.42 Å². The summed E-state index contributed by atoms with van der Waals surface area (Å²) in [6.45, 7) is 3.48. The van der Waals surface area contributed by atoms with Crippen molar-refractivity contribution in [1.82, 2.24) is 0 Å². The molecule has 29 heavy (non-hydrogen) atoms. The van der Waals surface area contributed by atoms with E-state index >= 15 is 0 Å². The van der Waals surface area contributed by atoms with Crippen molar-refractivity contribution in [3.63, 3.8) is 0 Å². The number of carboxylic acid groups (broad SMARTS) is 1. The number of aliphatic carboxylic acids is 1. The first-order valence-electron chi connectivity index (χ1n) is 9.42. The van der Waals surface area contributed by atoms with E-state index in [1.165, 1.54) is 0 Å². The van der Waals surface area contributed by atoms with Gasteiger partial charge in [0.1, 0.15) is 23.4 Å². The van der Waals surface area contributed by atoms with E-state index in [2.05, 4.69) is 5.32 Å². The van der Waals surface area contributed by atoms with Gasteiger partial charge in [-0.1, -0.05) is 0 Å². The van der Waals surface area contributed by atoms with Crippen molar-refractivity contribution in [3.05, 3.63) is 53.6 Å². The molecule has 0 spiro atoms. The molecule has 1 aliphatic heterocycles. The molecule has 2 aromatic rings. The topological polar surface area (TPSA) is 127 Å². The Labute approximate surface area is 169 Å². The molecule has 1 unspecified atom stereocenters. The molecule has 0 radical (unpaired) electrons. The molecule has 0 bridgehead atoms. The minimum atomic E-state index is -1.04. The molecular formula is C21H25N3O5. The Hall–Kier alpha value is -3.26. The van der Waals surface area contributed by atoms with Gasteiger partial charge < -0.3 is 30.4 Å². The SMILES string of the molecule is CCOc1cc(O[C@@H]2CCOC2)cc(C(Nc2ccc(C(=N)N)cc2)C(=O)O)c1. The largest absolute Gasteiger partial charge is 0.494 e. The lowest BCUT2D eigenvalue weighted by Gasteiger charge is -2.20. The zero-order chi connectivity index (χ0) is 20.8. The smallest absolute Gasteiger partial charge is 0.330 e. The Balaban J connectivity index is 1.87. The Morgan fingerprint density at radius 2 is 2.03 bits per heavy atom. The van der Waals surface area contributed by atoms with Crippen LogP contribution in [0.2, 0.25) is 0 Å². The molecule has 0 saturated carbocycles. The Bertz CT molecular complexity index is 863. The average molecular weight is 399 g/mol. The van der Waals surface area contributed by atoms with Gasteiger partial charge in [-0.05, 0) is 48.9 Å². The highest BCUT2D eigenvalue weighted by molar-refractivity contribution is 5.95. The third-order valence-corrected chi connectivity index (χ3v) is 4.49. The number of nitrogens with two attached hydrogens (primary N) is 1. The summed E-state index contributed by atoms with van der Waals surface area (Å²) in [4.78, 5) is 12.0. The fraction of sp³-hybridized carbons (Fsp3) is 0.333. The minimum Gasteiger partial charge on any atom is -0.494 e. The van der Waals surface area contributed by atoms with Crippen molar-refractivity contribution >= 4 is 17.5 Å². The Kier molecular flexibility index (Phi) is 6.56. The molecule has 2 aromatic carbocycles. The average Bonchev–Trinajstić information content (AvgIpc) is 3.19. The fourth-order valence-corrected chi connectivity index (χ4v) is 3.08. The van der Waals surface area contributed by atoms with Crippen molar-refractivity contribution in [2.45, 2.75) is 25.5 Å².